The average molecular weight is 400 g/mol. The van der Waals surface area contributed by atoms with Crippen molar-refractivity contribution in [1.82, 2.24) is 19.8 Å². The summed E-state index contributed by atoms with van der Waals surface area (Å²) in [6, 6.07) is 4.26. The highest BCUT2D eigenvalue weighted by Crippen LogP contribution is 2.21. The number of piperidine rings is 1. The lowest BCUT2D eigenvalue weighted by molar-refractivity contribution is -0.121. The van der Waals surface area contributed by atoms with Crippen molar-refractivity contribution < 1.29 is 4.79 Å². The SMILES string of the molecule is Cc1ncsc1CCC(=O)NCC1CCCN(Cc2cc(C#N)n(C)c2C)C1. The monoisotopic (exact) mass is 399 g/mol. The van der Waals surface area contributed by atoms with Crippen LogP contribution in [0.2, 0.25) is 0 Å². The predicted molar refractivity (Wildman–Crippen MR) is 111 cm³/mol. The number of thiazole rings is 1. The molecule has 0 aliphatic carbocycles. The number of nitrogens with zero attached hydrogens (tertiary/aromatic N) is 4. The summed E-state index contributed by atoms with van der Waals surface area (Å²) in [5, 5.41) is 12.3. The number of hydrogen-bond donors (Lipinski definition) is 1. The van der Waals surface area contributed by atoms with E-state index in [1.165, 1.54) is 10.4 Å². The molecule has 6 nitrogen and oxygen atoms in total. The third-order valence-electron chi connectivity index (χ3n) is 5.76. The van der Waals surface area contributed by atoms with E-state index in [4.69, 9.17) is 0 Å². The molecule has 1 amide bonds. The van der Waals surface area contributed by atoms with E-state index in [-0.39, 0.29) is 5.91 Å². The second-order valence-corrected chi connectivity index (χ2v) is 8.66. The zero-order valence-electron chi connectivity index (χ0n) is 17.0. The Morgan fingerprint density at radius 2 is 2.29 bits per heavy atom. The van der Waals surface area contributed by atoms with Gasteiger partial charge in [-0.05, 0) is 57.2 Å². The molecule has 28 heavy (non-hydrogen) atoms. The molecule has 1 saturated heterocycles. The van der Waals surface area contributed by atoms with Crippen molar-refractivity contribution in [2.24, 2.45) is 13.0 Å². The largest absolute Gasteiger partial charge is 0.356 e. The van der Waals surface area contributed by atoms with Crippen molar-refractivity contribution in [3.8, 4) is 6.07 Å². The van der Waals surface area contributed by atoms with Crippen LogP contribution in [0, 0.1) is 31.1 Å². The van der Waals surface area contributed by atoms with Gasteiger partial charge in [0.2, 0.25) is 5.91 Å². The van der Waals surface area contributed by atoms with Gasteiger partial charge in [-0.3, -0.25) is 9.69 Å². The fourth-order valence-corrected chi connectivity index (χ4v) is 4.65. The molecule has 0 spiro atoms. The summed E-state index contributed by atoms with van der Waals surface area (Å²) in [4.78, 5) is 20.1. The van der Waals surface area contributed by atoms with Crippen molar-refractivity contribution >= 4 is 17.2 Å². The molecule has 1 unspecified atom stereocenters. The molecular formula is C21H29N5OS. The molecule has 2 aromatic heterocycles. The molecule has 1 aliphatic rings. The molecule has 0 bridgehead atoms. The Morgan fingerprint density at radius 3 is 2.96 bits per heavy atom. The molecular weight excluding hydrogens is 370 g/mol. The highest BCUT2D eigenvalue weighted by Gasteiger charge is 2.22. The van der Waals surface area contributed by atoms with E-state index in [9.17, 15) is 10.1 Å². The summed E-state index contributed by atoms with van der Waals surface area (Å²) < 4.78 is 1.96. The van der Waals surface area contributed by atoms with Crippen LogP contribution in [0.5, 0.6) is 0 Å². The van der Waals surface area contributed by atoms with E-state index in [0.717, 1.165) is 56.8 Å². The lowest BCUT2D eigenvalue weighted by Gasteiger charge is -2.32. The molecule has 1 N–H and O–H groups in total. The third kappa shape index (κ3) is 5.00. The first-order valence-electron chi connectivity index (χ1n) is 9.91. The Balaban J connectivity index is 1.45. The first kappa shape index (κ1) is 20.6. The molecule has 7 heteroatoms. The van der Waals surface area contributed by atoms with Crippen molar-refractivity contribution in [1.29, 1.82) is 5.26 Å². The Morgan fingerprint density at radius 1 is 1.46 bits per heavy atom. The normalized spacial score (nSPS) is 17.4. The molecule has 1 atom stereocenters. The van der Waals surface area contributed by atoms with Crippen molar-refractivity contribution in [3.05, 3.63) is 39.1 Å². The minimum Gasteiger partial charge on any atom is -0.356 e. The van der Waals surface area contributed by atoms with E-state index in [1.54, 1.807) is 11.3 Å². The zero-order valence-corrected chi connectivity index (χ0v) is 17.8. The van der Waals surface area contributed by atoms with E-state index in [1.807, 2.05) is 30.1 Å². The minimum atomic E-state index is 0.127. The highest BCUT2D eigenvalue weighted by atomic mass is 32.1. The quantitative estimate of drug-likeness (QED) is 0.777. The first-order chi connectivity index (χ1) is 13.5. The zero-order chi connectivity index (χ0) is 20.1. The molecule has 0 radical (unpaired) electrons. The van der Waals surface area contributed by atoms with Gasteiger partial charge in [0.1, 0.15) is 11.8 Å². The number of likely N-dealkylation sites (tertiary alicyclic amines) is 1. The predicted octanol–water partition coefficient (Wildman–Crippen LogP) is 2.93. The van der Waals surface area contributed by atoms with Gasteiger partial charge in [0, 0.05) is 43.7 Å². The maximum atomic E-state index is 12.2. The standard InChI is InChI=1S/C21H29N5OS/c1-15-20(28-14-24-15)6-7-21(27)23-11-17-5-4-8-26(12-17)13-18-9-19(10-22)25(3)16(18)2/h9,14,17H,4-8,11-13H2,1-3H3,(H,23,27). The van der Waals surface area contributed by atoms with Crippen LogP contribution in [0.25, 0.3) is 0 Å². The second-order valence-electron chi connectivity index (χ2n) is 7.72. The molecule has 0 saturated carbocycles. The van der Waals surface area contributed by atoms with Gasteiger partial charge in [0.25, 0.3) is 0 Å². The Labute approximate surface area is 171 Å². The third-order valence-corrected chi connectivity index (χ3v) is 6.76. The van der Waals surface area contributed by atoms with E-state index in [0.29, 0.717) is 18.0 Å². The summed E-state index contributed by atoms with van der Waals surface area (Å²) >= 11 is 1.62. The maximum Gasteiger partial charge on any atom is 0.220 e. The van der Waals surface area contributed by atoms with Crippen LogP contribution in [-0.4, -0.2) is 40.0 Å². The maximum absolute atomic E-state index is 12.2. The lowest BCUT2D eigenvalue weighted by atomic mass is 9.97. The number of carbonyl (C=O) groups is 1. The van der Waals surface area contributed by atoms with Crippen LogP contribution < -0.4 is 5.32 Å². The molecule has 0 aromatic carbocycles. The van der Waals surface area contributed by atoms with Gasteiger partial charge in [-0.2, -0.15) is 5.26 Å². The highest BCUT2D eigenvalue weighted by molar-refractivity contribution is 7.09. The fourth-order valence-electron chi connectivity index (χ4n) is 3.87. The molecule has 3 rings (SSSR count). The van der Waals surface area contributed by atoms with Crippen LogP contribution in [0.3, 0.4) is 0 Å². The van der Waals surface area contributed by atoms with E-state index in [2.05, 4.69) is 28.2 Å². The van der Waals surface area contributed by atoms with Crippen LogP contribution in [-0.2, 0) is 24.8 Å². The minimum absolute atomic E-state index is 0.127. The number of nitriles is 1. The number of hydrogen-bond acceptors (Lipinski definition) is 5. The number of aromatic nitrogens is 2. The van der Waals surface area contributed by atoms with Gasteiger partial charge in [-0.1, -0.05) is 0 Å². The van der Waals surface area contributed by atoms with Gasteiger partial charge in [0.05, 0.1) is 11.2 Å². The van der Waals surface area contributed by atoms with Crippen molar-refractivity contribution in [2.75, 3.05) is 19.6 Å². The number of amides is 1. The van der Waals surface area contributed by atoms with Gasteiger partial charge < -0.3 is 9.88 Å². The Bertz CT molecular complexity index is 863. The van der Waals surface area contributed by atoms with E-state index >= 15 is 0 Å². The van der Waals surface area contributed by atoms with Gasteiger partial charge in [-0.25, -0.2) is 4.98 Å². The van der Waals surface area contributed by atoms with Crippen LogP contribution in [0.4, 0.5) is 0 Å². The van der Waals surface area contributed by atoms with Crippen LogP contribution in [0.1, 0.15) is 46.8 Å². The van der Waals surface area contributed by atoms with Crippen LogP contribution >= 0.6 is 11.3 Å². The molecule has 150 valence electrons. The van der Waals surface area contributed by atoms with Crippen molar-refractivity contribution in [3.63, 3.8) is 0 Å². The Kier molecular flexibility index (Phi) is 6.87. The Hall–Kier alpha value is -2.17. The van der Waals surface area contributed by atoms with E-state index < -0.39 is 0 Å². The van der Waals surface area contributed by atoms with Gasteiger partial charge in [0.15, 0.2) is 0 Å². The fraction of sp³-hybridized carbons (Fsp3) is 0.571. The summed E-state index contributed by atoms with van der Waals surface area (Å²) in [6.45, 7) is 7.75. The number of aryl methyl sites for hydroxylation is 2. The smallest absolute Gasteiger partial charge is 0.220 e. The van der Waals surface area contributed by atoms with Crippen molar-refractivity contribution in [2.45, 2.75) is 46.1 Å². The summed E-state index contributed by atoms with van der Waals surface area (Å²) in [6.07, 6.45) is 3.60. The van der Waals surface area contributed by atoms with Crippen LogP contribution in [0.15, 0.2) is 11.6 Å². The molecule has 1 fully saturated rings. The summed E-state index contributed by atoms with van der Waals surface area (Å²) in [7, 11) is 1.94. The number of rotatable bonds is 7. The first-order valence-corrected chi connectivity index (χ1v) is 10.8. The molecule has 2 aromatic rings. The summed E-state index contributed by atoms with van der Waals surface area (Å²) in [5.74, 6) is 0.616. The molecule has 3 heterocycles. The molecule has 1 aliphatic heterocycles. The summed E-state index contributed by atoms with van der Waals surface area (Å²) in [5.41, 5.74) is 5.97. The topological polar surface area (TPSA) is 74.0 Å². The number of carbonyl (C=O) groups excluding carboxylic acids is 1. The second kappa shape index (κ2) is 9.35. The lowest BCUT2D eigenvalue weighted by Crippen LogP contribution is -2.40. The number of nitrogens with one attached hydrogen (secondary N) is 1. The van der Waals surface area contributed by atoms with Gasteiger partial charge in [-0.15, -0.1) is 11.3 Å². The van der Waals surface area contributed by atoms with Gasteiger partial charge >= 0.3 is 0 Å². The average Bonchev–Trinajstić information content (AvgIpc) is 3.22.